The Morgan fingerprint density at radius 3 is 1.96 bits per heavy atom. The fourth-order valence-electron chi connectivity index (χ4n) is 2.23. The zero-order valence-corrected chi connectivity index (χ0v) is 17.3. The normalized spacial score (nSPS) is 11.8. The summed E-state index contributed by atoms with van der Waals surface area (Å²) in [5.41, 5.74) is 0.895. The monoisotopic (exact) mass is 497 g/mol. The average Bonchev–Trinajstić information content (AvgIpc) is 2.67. The van der Waals surface area contributed by atoms with Crippen molar-refractivity contribution in [1.29, 1.82) is 0 Å². The van der Waals surface area contributed by atoms with Gasteiger partial charge in [0.2, 0.25) is 0 Å². The SMILES string of the molecule is Cc1ccc(S(=O)(=O)OI(c2ccccc2)c2ccc([N+](=O)[O-])cc2)cc1. The molecule has 140 valence electrons. The molecule has 0 spiro atoms. The summed E-state index contributed by atoms with van der Waals surface area (Å²) in [4.78, 5) is 10.5. The quantitative estimate of drug-likeness (QED) is 0.278. The Bertz CT molecular complexity index is 1040. The summed E-state index contributed by atoms with van der Waals surface area (Å²) < 4.78 is 32.7. The van der Waals surface area contributed by atoms with Gasteiger partial charge in [-0.2, -0.15) is 0 Å². The van der Waals surface area contributed by atoms with Crippen LogP contribution in [0.15, 0.2) is 83.8 Å². The molecule has 0 aliphatic carbocycles. The average molecular weight is 497 g/mol. The van der Waals surface area contributed by atoms with Crippen LogP contribution in [0.5, 0.6) is 0 Å². The van der Waals surface area contributed by atoms with Crippen molar-refractivity contribution < 1.29 is 15.9 Å². The van der Waals surface area contributed by atoms with Gasteiger partial charge < -0.3 is 0 Å². The van der Waals surface area contributed by atoms with E-state index in [0.717, 1.165) is 9.13 Å². The summed E-state index contributed by atoms with van der Waals surface area (Å²) >= 11 is -2.84. The van der Waals surface area contributed by atoms with Gasteiger partial charge in [-0.15, -0.1) is 0 Å². The van der Waals surface area contributed by atoms with Gasteiger partial charge in [-0.3, -0.25) is 0 Å². The zero-order valence-electron chi connectivity index (χ0n) is 14.3. The molecule has 0 unspecified atom stereocenters. The Labute approximate surface area is 165 Å². The summed E-state index contributed by atoms with van der Waals surface area (Å²) in [6.45, 7) is 1.87. The molecule has 0 saturated carbocycles. The van der Waals surface area contributed by atoms with Gasteiger partial charge in [-0.1, -0.05) is 0 Å². The van der Waals surface area contributed by atoms with Crippen LogP contribution in [-0.2, 0) is 12.6 Å². The van der Waals surface area contributed by atoms with Crippen LogP contribution < -0.4 is 0 Å². The number of hydrogen-bond acceptors (Lipinski definition) is 5. The molecule has 6 nitrogen and oxygen atoms in total. The van der Waals surface area contributed by atoms with Crippen LogP contribution in [-0.4, -0.2) is 13.3 Å². The molecule has 3 rings (SSSR count). The number of aryl methyl sites for hydroxylation is 1. The van der Waals surface area contributed by atoms with Gasteiger partial charge >= 0.3 is 165 Å². The Morgan fingerprint density at radius 2 is 1.41 bits per heavy atom. The number of nitro groups is 1. The molecule has 0 bridgehead atoms. The van der Waals surface area contributed by atoms with E-state index in [4.69, 9.17) is 2.51 Å². The second kappa shape index (κ2) is 8.15. The van der Waals surface area contributed by atoms with Crippen molar-refractivity contribution >= 4 is 36.0 Å². The Kier molecular flexibility index (Phi) is 5.88. The Morgan fingerprint density at radius 1 is 0.852 bits per heavy atom. The fraction of sp³-hybridized carbons (Fsp3) is 0.0526. The minimum absolute atomic E-state index is 0.0518. The van der Waals surface area contributed by atoms with E-state index in [0.29, 0.717) is 3.57 Å². The molecule has 0 heterocycles. The summed E-state index contributed by atoms with van der Waals surface area (Å²) in [6, 6.07) is 21.4. The van der Waals surface area contributed by atoms with E-state index in [9.17, 15) is 18.5 Å². The Balaban J connectivity index is 2.00. The van der Waals surface area contributed by atoms with Crippen LogP contribution in [0.1, 0.15) is 5.56 Å². The van der Waals surface area contributed by atoms with Gasteiger partial charge in [0.1, 0.15) is 0 Å². The van der Waals surface area contributed by atoms with Gasteiger partial charge in [0.25, 0.3) is 0 Å². The first-order chi connectivity index (χ1) is 12.9. The topological polar surface area (TPSA) is 86.5 Å². The van der Waals surface area contributed by atoms with Crippen LogP contribution >= 0.6 is 20.2 Å². The molecule has 0 aliphatic rings. The molecule has 3 aromatic carbocycles. The van der Waals surface area contributed by atoms with Gasteiger partial charge in [-0.05, 0) is 0 Å². The van der Waals surface area contributed by atoms with Crippen LogP contribution in [0, 0.1) is 24.2 Å². The maximum absolute atomic E-state index is 12.8. The third kappa shape index (κ3) is 4.71. The van der Waals surface area contributed by atoms with E-state index in [2.05, 4.69) is 0 Å². The number of non-ortho nitro benzene ring substituents is 1. The van der Waals surface area contributed by atoms with Gasteiger partial charge in [-0.25, -0.2) is 0 Å². The van der Waals surface area contributed by atoms with Crippen LogP contribution in [0.25, 0.3) is 0 Å². The second-order valence-corrected chi connectivity index (χ2v) is 12.1. The predicted octanol–water partition coefficient (Wildman–Crippen LogP) is 4.77. The second-order valence-electron chi connectivity index (χ2n) is 5.61. The molecule has 0 aromatic heterocycles. The predicted molar refractivity (Wildman–Crippen MR) is 110 cm³/mol. The van der Waals surface area contributed by atoms with E-state index in [1.807, 2.05) is 37.3 Å². The number of hydrogen-bond donors (Lipinski definition) is 0. The molecular formula is C19H16INO5S. The molecule has 0 atom stereocenters. The molecule has 0 amide bonds. The van der Waals surface area contributed by atoms with Crippen LogP contribution in [0.4, 0.5) is 5.69 Å². The molecule has 8 heteroatoms. The third-order valence-corrected chi connectivity index (χ3v) is 11.0. The molecule has 0 fully saturated rings. The number of halogens is 1. The summed E-state index contributed by atoms with van der Waals surface area (Å²) in [5, 5.41) is 10.9. The molecule has 3 aromatic rings. The zero-order chi connectivity index (χ0) is 19.4. The molecule has 27 heavy (non-hydrogen) atoms. The molecule has 0 N–H and O–H groups in total. The van der Waals surface area contributed by atoms with Gasteiger partial charge in [0.15, 0.2) is 0 Å². The van der Waals surface area contributed by atoms with Crippen LogP contribution in [0.2, 0.25) is 0 Å². The molecule has 0 aliphatic heterocycles. The first-order valence-corrected chi connectivity index (χ1v) is 12.3. The van der Waals surface area contributed by atoms with Crippen molar-refractivity contribution in [2.75, 3.05) is 0 Å². The van der Waals surface area contributed by atoms with Crippen molar-refractivity contribution in [3.63, 3.8) is 0 Å². The standard InChI is InChI=1S/C19H16INO5S/c1-15-7-13-19(14-8-15)27(24,25)26-20(16-5-3-2-4-6-16)17-9-11-18(12-10-17)21(22)23/h2-14H,1H3. The van der Waals surface area contributed by atoms with E-state index in [1.165, 1.54) is 24.3 Å². The summed E-state index contributed by atoms with van der Waals surface area (Å²) in [6.07, 6.45) is 0. The van der Waals surface area contributed by atoms with E-state index in [1.54, 1.807) is 24.3 Å². The first kappa shape index (κ1) is 19.5. The van der Waals surface area contributed by atoms with Crippen molar-refractivity contribution in [1.82, 2.24) is 0 Å². The van der Waals surface area contributed by atoms with Crippen molar-refractivity contribution in [3.05, 3.63) is 102 Å². The van der Waals surface area contributed by atoms with E-state index >= 15 is 0 Å². The van der Waals surface area contributed by atoms with Gasteiger partial charge in [0, 0.05) is 0 Å². The van der Waals surface area contributed by atoms with Crippen LogP contribution in [0.3, 0.4) is 0 Å². The van der Waals surface area contributed by atoms with E-state index < -0.39 is 35.3 Å². The third-order valence-electron chi connectivity index (χ3n) is 3.62. The van der Waals surface area contributed by atoms with E-state index in [-0.39, 0.29) is 10.6 Å². The number of nitro benzene ring substituents is 1. The minimum atomic E-state index is -3.96. The number of benzene rings is 3. The number of rotatable bonds is 6. The fourth-order valence-corrected chi connectivity index (χ4v) is 9.17. The first-order valence-electron chi connectivity index (χ1n) is 7.88. The summed E-state index contributed by atoms with van der Waals surface area (Å²) in [7, 11) is -3.96. The van der Waals surface area contributed by atoms with Crippen molar-refractivity contribution in [2.45, 2.75) is 11.8 Å². The van der Waals surface area contributed by atoms with Gasteiger partial charge in [0.05, 0.1) is 0 Å². The molecule has 0 saturated heterocycles. The number of nitrogens with zero attached hydrogens (tertiary/aromatic N) is 1. The maximum atomic E-state index is 12.8. The molecular weight excluding hydrogens is 481 g/mol. The molecule has 0 radical (unpaired) electrons. The summed E-state index contributed by atoms with van der Waals surface area (Å²) in [5.74, 6) is 0. The van der Waals surface area contributed by atoms with Crippen molar-refractivity contribution in [2.24, 2.45) is 0 Å². The Hall–Kier alpha value is -2.30. The van der Waals surface area contributed by atoms with Crippen molar-refractivity contribution in [3.8, 4) is 0 Å².